The second-order valence-electron chi connectivity index (χ2n) is 18.1. The number of rotatable bonds is 24. The number of nitrogens with zero attached hydrogens (tertiary/aromatic N) is 3. The molecule has 2 N–H and O–H groups in total. The van der Waals surface area contributed by atoms with E-state index in [-0.39, 0.29) is 74.6 Å². The van der Waals surface area contributed by atoms with E-state index in [9.17, 15) is 29.5 Å². The highest BCUT2D eigenvalue weighted by Gasteiger charge is 2.65. The van der Waals surface area contributed by atoms with Crippen LogP contribution in [-0.4, -0.2) is 69.8 Å². The van der Waals surface area contributed by atoms with Crippen molar-refractivity contribution < 1.29 is 43.4 Å². The molecule has 4 aliphatic rings. The minimum absolute atomic E-state index is 0.0165. The molecular weight excluding hydrogens is 830 g/mol. The number of carbonyl (C=O) groups is 1. The highest BCUT2D eigenvalue weighted by Crippen LogP contribution is 2.62. The van der Waals surface area contributed by atoms with Gasteiger partial charge in [-0.15, -0.1) is 6.58 Å². The Hall–Kier alpha value is -5.11. The number of amides is 1. The molecule has 7 rings (SSSR count). The molecule has 0 radical (unpaired) electrons. The molecule has 65 heavy (non-hydrogen) atoms. The molecule has 3 aromatic carbocycles. The normalized spacial score (nSPS) is 24.1. The van der Waals surface area contributed by atoms with Crippen LogP contribution < -0.4 is 9.47 Å². The standard InChI is InChI=1S/C52H66FN3O9/c1-3-27-55(49(59)26-21-36-13-5-6-14-36)48-33-46(54-64-34-37-19-22-40(23-20-37)56(60)61)43-31-38(15-9-11-28-57)42(17-10-12-29-58)50-44-32-41(62-35-39-16-7-8-18-45(39)53)24-25-47(44)65-52(48,51(43)50)63-30-4-2/h4,7-8,16,18-20,22-25,31-32,36,38,42,48,50-51,57-58H,2-3,5-6,9-15,17,21,26-30,33-35H2,1H3. The number of oxime groups is 1. The number of ether oxygens (including phenoxy) is 3. The number of benzene rings is 3. The lowest BCUT2D eigenvalue weighted by atomic mass is 9.55. The van der Waals surface area contributed by atoms with Gasteiger partial charge in [0.1, 0.15) is 36.6 Å². The number of allylic oxidation sites excluding steroid dienone is 1. The second kappa shape index (κ2) is 22.9. The largest absolute Gasteiger partial charge is 0.489 e. The van der Waals surface area contributed by atoms with Crippen LogP contribution in [0, 0.1) is 39.6 Å². The van der Waals surface area contributed by atoms with Crippen LogP contribution in [0.3, 0.4) is 0 Å². The number of halogens is 1. The van der Waals surface area contributed by atoms with E-state index >= 15 is 0 Å². The van der Waals surface area contributed by atoms with Gasteiger partial charge in [0.15, 0.2) is 0 Å². The Bertz CT molecular complexity index is 2140. The van der Waals surface area contributed by atoms with Crippen LogP contribution in [0.2, 0.25) is 0 Å². The van der Waals surface area contributed by atoms with Crippen LogP contribution in [0.25, 0.3) is 0 Å². The molecule has 1 amide bonds. The van der Waals surface area contributed by atoms with Crippen molar-refractivity contribution in [2.24, 2.45) is 28.8 Å². The number of carbonyl (C=O) groups excluding carboxylic acids is 1. The van der Waals surface area contributed by atoms with Gasteiger partial charge in [-0.05, 0) is 104 Å². The Morgan fingerprint density at radius 3 is 2.48 bits per heavy atom. The molecule has 2 fully saturated rings. The summed E-state index contributed by atoms with van der Waals surface area (Å²) in [5.74, 6) is -0.687. The lowest BCUT2D eigenvalue weighted by Crippen LogP contribution is -2.70. The lowest BCUT2D eigenvalue weighted by molar-refractivity contribution is -0.384. The first kappa shape index (κ1) is 47.8. The number of hydrogen-bond donors (Lipinski definition) is 2. The van der Waals surface area contributed by atoms with Crippen molar-refractivity contribution in [3.05, 3.63) is 124 Å². The van der Waals surface area contributed by atoms with E-state index in [4.69, 9.17) is 24.2 Å². The molecule has 0 bridgehead atoms. The van der Waals surface area contributed by atoms with Crippen molar-refractivity contribution in [3.8, 4) is 11.5 Å². The van der Waals surface area contributed by atoms with Gasteiger partial charge in [-0.1, -0.05) is 81.0 Å². The smallest absolute Gasteiger partial charge is 0.269 e. The lowest BCUT2D eigenvalue weighted by Gasteiger charge is -2.60. The van der Waals surface area contributed by atoms with E-state index in [1.165, 1.54) is 31.0 Å². The predicted molar refractivity (Wildman–Crippen MR) is 247 cm³/mol. The van der Waals surface area contributed by atoms with Crippen LogP contribution in [0.15, 0.2) is 96.2 Å². The summed E-state index contributed by atoms with van der Waals surface area (Å²) in [4.78, 5) is 33.9. The maximum Gasteiger partial charge on any atom is 0.269 e. The zero-order chi connectivity index (χ0) is 45.8. The van der Waals surface area contributed by atoms with E-state index in [0.29, 0.717) is 66.5 Å². The number of aliphatic hydroxyl groups excluding tert-OH is 2. The molecule has 3 aromatic rings. The highest BCUT2D eigenvalue weighted by atomic mass is 19.1. The van der Waals surface area contributed by atoms with Gasteiger partial charge in [0.25, 0.3) is 5.69 Å². The van der Waals surface area contributed by atoms with Crippen molar-refractivity contribution in [2.45, 2.75) is 128 Å². The third kappa shape index (κ3) is 11.1. The van der Waals surface area contributed by atoms with Crippen molar-refractivity contribution in [2.75, 3.05) is 26.4 Å². The molecule has 13 heteroatoms. The number of fused-ring (bicyclic) bond motifs is 2. The maximum atomic E-state index is 14.8. The zero-order valence-electron chi connectivity index (χ0n) is 37.8. The quantitative estimate of drug-likeness (QED) is 0.0387. The third-order valence-electron chi connectivity index (χ3n) is 14.0. The van der Waals surface area contributed by atoms with Gasteiger partial charge in [-0.2, -0.15) is 0 Å². The first-order chi connectivity index (χ1) is 31.7. The van der Waals surface area contributed by atoms with Gasteiger partial charge in [-0.25, -0.2) is 4.39 Å². The fourth-order valence-corrected chi connectivity index (χ4v) is 10.9. The third-order valence-corrected chi connectivity index (χ3v) is 14.0. The average molecular weight is 896 g/mol. The molecule has 12 nitrogen and oxygen atoms in total. The van der Waals surface area contributed by atoms with Crippen LogP contribution in [-0.2, 0) is 27.6 Å². The topological polar surface area (TPSA) is 153 Å². The van der Waals surface area contributed by atoms with Gasteiger partial charge in [-0.3, -0.25) is 14.9 Å². The monoisotopic (exact) mass is 895 g/mol. The first-order valence-corrected chi connectivity index (χ1v) is 23.8. The Labute approximate surface area is 382 Å². The van der Waals surface area contributed by atoms with Gasteiger partial charge in [0.2, 0.25) is 11.7 Å². The molecule has 1 aliphatic heterocycles. The summed E-state index contributed by atoms with van der Waals surface area (Å²) >= 11 is 0. The van der Waals surface area contributed by atoms with Gasteiger partial charge in [0.05, 0.1) is 23.2 Å². The molecule has 3 aliphatic carbocycles. The van der Waals surface area contributed by atoms with E-state index in [2.05, 4.69) is 19.6 Å². The number of nitro groups is 1. The minimum atomic E-state index is -1.38. The number of nitro benzene ring substituents is 1. The minimum Gasteiger partial charge on any atom is -0.489 e. The molecule has 6 unspecified atom stereocenters. The van der Waals surface area contributed by atoms with Gasteiger partial charge >= 0.3 is 0 Å². The molecule has 6 atom stereocenters. The first-order valence-electron chi connectivity index (χ1n) is 23.8. The summed E-state index contributed by atoms with van der Waals surface area (Å²) < 4.78 is 35.6. The van der Waals surface area contributed by atoms with E-state index < -0.39 is 22.7 Å². The fourth-order valence-electron chi connectivity index (χ4n) is 10.9. The average Bonchev–Trinajstić information content (AvgIpc) is 3.85. The Morgan fingerprint density at radius 2 is 1.77 bits per heavy atom. The molecule has 0 aromatic heterocycles. The summed E-state index contributed by atoms with van der Waals surface area (Å²) in [6.45, 7) is 6.99. The molecular formula is C52H66FN3O9. The van der Waals surface area contributed by atoms with Crippen LogP contribution in [0.5, 0.6) is 11.5 Å². The fraction of sp³-hybridized carbons (Fsp3) is 0.538. The molecule has 0 spiro atoms. The van der Waals surface area contributed by atoms with Gasteiger partial charge in [0, 0.05) is 61.8 Å². The van der Waals surface area contributed by atoms with E-state index in [0.717, 1.165) is 56.1 Å². The summed E-state index contributed by atoms with van der Waals surface area (Å²) in [5.41, 5.74) is 3.62. The predicted octanol–water partition coefficient (Wildman–Crippen LogP) is 10.4. The number of non-ortho nitro benzene ring substituents is 1. The van der Waals surface area contributed by atoms with E-state index in [1.807, 2.05) is 23.1 Å². The number of aliphatic hydroxyl groups is 2. The summed E-state index contributed by atoms with van der Waals surface area (Å²) in [6.07, 6.45) is 15.3. The van der Waals surface area contributed by atoms with Crippen molar-refractivity contribution in [1.82, 2.24) is 4.90 Å². The molecule has 0 saturated heterocycles. The molecule has 350 valence electrons. The number of unbranched alkanes of at least 4 members (excludes halogenated alkanes) is 2. The molecule has 1 heterocycles. The van der Waals surface area contributed by atoms with Crippen molar-refractivity contribution in [3.63, 3.8) is 0 Å². The summed E-state index contributed by atoms with van der Waals surface area (Å²) in [7, 11) is 0. The Balaban J connectivity index is 1.38. The highest BCUT2D eigenvalue weighted by molar-refractivity contribution is 6.03. The van der Waals surface area contributed by atoms with Crippen LogP contribution in [0.1, 0.15) is 119 Å². The summed E-state index contributed by atoms with van der Waals surface area (Å²) in [5, 5.41) is 36.2. The Morgan fingerprint density at radius 1 is 1.02 bits per heavy atom. The van der Waals surface area contributed by atoms with E-state index in [1.54, 1.807) is 36.4 Å². The maximum absolute atomic E-state index is 14.8. The van der Waals surface area contributed by atoms with Crippen LogP contribution >= 0.6 is 0 Å². The molecule has 2 saturated carbocycles. The SMILES string of the molecule is C=CCOC12Oc3ccc(OCc4ccccc4F)cc3C3C(CCCCO)C(CCCCO)C=C(C(=NOCc4ccc([N+](=O)[O-])cc4)CC1N(CCC)C(=O)CCC1CCCC1)C32. The Kier molecular flexibility index (Phi) is 16.8. The second-order valence-corrected chi connectivity index (χ2v) is 18.1. The van der Waals surface area contributed by atoms with Gasteiger partial charge < -0.3 is 34.2 Å². The van der Waals surface area contributed by atoms with Crippen LogP contribution in [0.4, 0.5) is 10.1 Å². The number of hydrogen-bond acceptors (Lipinski definition) is 10. The van der Waals surface area contributed by atoms with Crippen molar-refractivity contribution >= 4 is 17.3 Å². The van der Waals surface area contributed by atoms with Crippen molar-refractivity contribution in [1.29, 1.82) is 0 Å². The zero-order valence-corrected chi connectivity index (χ0v) is 37.8. The summed E-state index contributed by atoms with van der Waals surface area (Å²) in [6, 6.07) is 17.9.